The van der Waals surface area contributed by atoms with Crippen molar-refractivity contribution in [3.63, 3.8) is 0 Å². The van der Waals surface area contributed by atoms with Crippen LogP contribution in [0.15, 0.2) is 0 Å². The highest BCUT2D eigenvalue weighted by Gasteiger charge is 2.14. The van der Waals surface area contributed by atoms with E-state index in [4.69, 9.17) is 10.5 Å². The largest absolute Gasteiger partial charge is 0.366 e. The predicted octanol–water partition coefficient (Wildman–Crippen LogP) is 1.05. The summed E-state index contributed by atoms with van der Waals surface area (Å²) in [5.41, 5.74) is 5.26. The second-order valence-corrected chi connectivity index (χ2v) is 4.69. The zero-order valence-corrected chi connectivity index (χ0v) is 10.3. The number of rotatable bonds is 6. The number of nitrogens with two attached hydrogens (primary N) is 1. The number of carbonyl (C=O) groups is 1. The van der Waals surface area contributed by atoms with Crippen molar-refractivity contribution < 1.29 is 9.53 Å². The summed E-state index contributed by atoms with van der Waals surface area (Å²) in [4.78, 5) is 11.4. The van der Waals surface area contributed by atoms with Gasteiger partial charge in [0, 0.05) is 12.6 Å². The van der Waals surface area contributed by atoms with Crippen LogP contribution in [-0.2, 0) is 9.53 Å². The fraction of sp³-hybridized carbons (Fsp3) is 0.909. The van der Waals surface area contributed by atoms with Gasteiger partial charge in [-0.2, -0.15) is 0 Å². The molecular formula is C11H24N2O2. The van der Waals surface area contributed by atoms with Crippen LogP contribution in [0, 0.1) is 0 Å². The van der Waals surface area contributed by atoms with E-state index in [2.05, 4.69) is 12.2 Å². The van der Waals surface area contributed by atoms with E-state index in [1.807, 2.05) is 20.8 Å². The molecule has 0 aromatic heterocycles. The molecule has 0 bridgehead atoms. The first-order valence-electron chi connectivity index (χ1n) is 5.52. The lowest BCUT2D eigenvalue weighted by Gasteiger charge is -2.21. The highest BCUT2D eigenvalue weighted by Crippen LogP contribution is 2.05. The maximum Gasteiger partial charge on any atom is 0.246 e. The second kappa shape index (κ2) is 6.80. The molecule has 0 aliphatic heterocycles. The summed E-state index contributed by atoms with van der Waals surface area (Å²) < 4.78 is 5.36. The Morgan fingerprint density at radius 2 is 2.07 bits per heavy atom. The van der Waals surface area contributed by atoms with Crippen LogP contribution in [-0.4, -0.2) is 30.7 Å². The summed E-state index contributed by atoms with van der Waals surface area (Å²) in [6.45, 7) is 8.42. The molecule has 0 spiro atoms. The lowest BCUT2D eigenvalue weighted by Crippen LogP contribution is -2.42. The van der Waals surface area contributed by atoms with Gasteiger partial charge in [-0.15, -0.1) is 0 Å². The minimum absolute atomic E-state index is 0.0751. The van der Waals surface area contributed by atoms with E-state index in [-0.39, 0.29) is 24.2 Å². The summed E-state index contributed by atoms with van der Waals surface area (Å²) >= 11 is 0. The molecule has 0 aromatic carbocycles. The van der Waals surface area contributed by atoms with Gasteiger partial charge in [-0.3, -0.25) is 4.79 Å². The molecule has 0 heterocycles. The molecule has 0 saturated carbocycles. The van der Waals surface area contributed by atoms with Gasteiger partial charge in [-0.25, -0.2) is 0 Å². The van der Waals surface area contributed by atoms with E-state index in [1.165, 1.54) is 0 Å². The van der Waals surface area contributed by atoms with Crippen LogP contribution >= 0.6 is 0 Å². The first-order valence-corrected chi connectivity index (χ1v) is 5.52. The van der Waals surface area contributed by atoms with Gasteiger partial charge in [0.25, 0.3) is 0 Å². The molecular weight excluding hydrogens is 192 g/mol. The van der Waals surface area contributed by atoms with Crippen molar-refractivity contribution in [3.8, 4) is 0 Å². The maximum atomic E-state index is 11.4. The molecule has 1 atom stereocenters. The van der Waals surface area contributed by atoms with Gasteiger partial charge in [-0.05, 0) is 27.2 Å². The first-order chi connectivity index (χ1) is 6.89. The average Bonchev–Trinajstić information content (AvgIpc) is 2.13. The van der Waals surface area contributed by atoms with Crippen molar-refractivity contribution in [3.05, 3.63) is 0 Å². The third-order valence-corrected chi connectivity index (χ3v) is 1.92. The molecule has 0 aliphatic rings. The molecule has 3 N–H and O–H groups in total. The zero-order valence-electron chi connectivity index (χ0n) is 10.3. The molecule has 4 heteroatoms. The van der Waals surface area contributed by atoms with Gasteiger partial charge in [0.2, 0.25) is 5.91 Å². The summed E-state index contributed by atoms with van der Waals surface area (Å²) in [6, 6.07) is 0.0751. The molecule has 0 aromatic rings. The van der Waals surface area contributed by atoms with E-state index in [0.29, 0.717) is 6.54 Å². The fourth-order valence-electron chi connectivity index (χ4n) is 1.15. The van der Waals surface area contributed by atoms with Crippen molar-refractivity contribution in [1.29, 1.82) is 0 Å². The molecule has 0 radical (unpaired) electrons. The maximum absolute atomic E-state index is 11.4. The lowest BCUT2D eigenvalue weighted by molar-refractivity contribution is -0.131. The highest BCUT2D eigenvalue weighted by molar-refractivity contribution is 5.77. The molecule has 1 unspecified atom stereocenters. The lowest BCUT2D eigenvalue weighted by atomic mass is 10.1. The standard InChI is InChI=1S/C11H24N2O2/c1-5-6-9(7-12)13-10(14)8-15-11(2,3)4/h9H,5-8,12H2,1-4H3,(H,13,14). The minimum atomic E-state index is -0.277. The molecule has 4 nitrogen and oxygen atoms in total. The van der Waals surface area contributed by atoms with E-state index >= 15 is 0 Å². The molecule has 1 amide bonds. The van der Waals surface area contributed by atoms with Crippen molar-refractivity contribution in [2.75, 3.05) is 13.2 Å². The summed E-state index contributed by atoms with van der Waals surface area (Å²) in [6.07, 6.45) is 1.93. The summed E-state index contributed by atoms with van der Waals surface area (Å²) in [7, 11) is 0. The van der Waals surface area contributed by atoms with E-state index in [9.17, 15) is 4.79 Å². The van der Waals surface area contributed by atoms with Crippen LogP contribution in [0.3, 0.4) is 0 Å². The van der Waals surface area contributed by atoms with Crippen LogP contribution in [0.1, 0.15) is 40.5 Å². The Labute approximate surface area is 92.6 Å². The van der Waals surface area contributed by atoms with Crippen LogP contribution in [0.25, 0.3) is 0 Å². The van der Waals surface area contributed by atoms with Gasteiger partial charge in [0.15, 0.2) is 0 Å². The first kappa shape index (κ1) is 14.4. The number of ether oxygens (including phenoxy) is 1. The topological polar surface area (TPSA) is 64.3 Å². The third-order valence-electron chi connectivity index (χ3n) is 1.92. The Balaban J connectivity index is 3.81. The van der Waals surface area contributed by atoms with Crippen LogP contribution in [0.2, 0.25) is 0 Å². The summed E-state index contributed by atoms with van der Waals surface area (Å²) in [5.74, 6) is -0.0891. The summed E-state index contributed by atoms with van der Waals surface area (Å²) in [5, 5.41) is 2.85. The van der Waals surface area contributed by atoms with Crippen LogP contribution in [0.4, 0.5) is 0 Å². The van der Waals surface area contributed by atoms with E-state index in [0.717, 1.165) is 12.8 Å². The number of carbonyl (C=O) groups excluding carboxylic acids is 1. The van der Waals surface area contributed by atoms with Gasteiger partial charge in [-0.1, -0.05) is 13.3 Å². The van der Waals surface area contributed by atoms with Crippen molar-refractivity contribution >= 4 is 5.91 Å². The quantitative estimate of drug-likeness (QED) is 0.697. The van der Waals surface area contributed by atoms with E-state index < -0.39 is 0 Å². The molecule has 0 aliphatic carbocycles. The second-order valence-electron chi connectivity index (χ2n) is 4.69. The Bertz CT molecular complexity index is 188. The SMILES string of the molecule is CCCC(CN)NC(=O)COC(C)(C)C. The van der Waals surface area contributed by atoms with Crippen molar-refractivity contribution in [2.45, 2.75) is 52.2 Å². The highest BCUT2D eigenvalue weighted by atomic mass is 16.5. The van der Waals surface area contributed by atoms with Crippen molar-refractivity contribution in [1.82, 2.24) is 5.32 Å². The third kappa shape index (κ3) is 8.39. The molecule has 0 rings (SSSR count). The smallest absolute Gasteiger partial charge is 0.246 e. The normalized spacial score (nSPS) is 13.7. The van der Waals surface area contributed by atoms with Crippen LogP contribution < -0.4 is 11.1 Å². The minimum Gasteiger partial charge on any atom is -0.366 e. The van der Waals surface area contributed by atoms with Gasteiger partial charge < -0.3 is 15.8 Å². The van der Waals surface area contributed by atoms with E-state index in [1.54, 1.807) is 0 Å². The Kier molecular flexibility index (Phi) is 6.52. The van der Waals surface area contributed by atoms with Crippen LogP contribution in [0.5, 0.6) is 0 Å². The fourth-order valence-corrected chi connectivity index (χ4v) is 1.15. The average molecular weight is 216 g/mol. The number of hydrogen-bond acceptors (Lipinski definition) is 3. The van der Waals surface area contributed by atoms with Gasteiger partial charge in [0.05, 0.1) is 5.60 Å². The monoisotopic (exact) mass is 216 g/mol. The molecule has 90 valence electrons. The number of hydrogen-bond donors (Lipinski definition) is 2. The number of nitrogens with one attached hydrogen (secondary N) is 1. The predicted molar refractivity (Wildman–Crippen MR) is 61.6 cm³/mol. The van der Waals surface area contributed by atoms with Gasteiger partial charge >= 0.3 is 0 Å². The molecule has 0 fully saturated rings. The molecule has 15 heavy (non-hydrogen) atoms. The Morgan fingerprint density at radius 3 is 2.47 bits per heavy atom. The number of amides is 1. The van der Waals surface area contributed by atoms with Crippen molar-refractivity contribution in [2.24, 2.45) is 5.73 Å². The molecule has 0 saturated heterocycles. The zero-order chi connectivity index (χ0) is 11.9. The van der Waals surface area contributed by atoms with Gasteiger partial charge in [0.1, 0.15) is 6.61 Å². The Hall–Kier alpha value is -0.610. The Morgan fingerprint density at radius 1 is 1.47 bits per heavy atom.